The molecule has 1 aliphatic heterocycles. The van der Waals surface area contributed by atoms with Gasteiger partial charge in [-0.25, -0.2) is 4.98 Å². The Kier molecular flexibility index (Phi) is 8.41. The summed E-state index contributed by atoms with van der Waals surface area (Å²) < 4.78 is 47.5. The third kappa shape index (κ3) is 7.17. The SMILES string of the molecule is O=[N+]([O-])c1cnc(NCc2ccccc2OC(F)(F)F)nc1NCC1CCC(N2CCOCC2)CC1. The first-order valence-electron chi connectivity index (χ1n) is 11.9. The summed E-state index contributed by atoms with van der Waals surface area (Å²) in [6, 6.07) is 6.26. The monoisotopic (exact) mass is 510 g/mol. The molecule has 1 aromatic carbocycles. The van der Waals surface area contributed by atoms with Crippen molar-refractivity contribution in [2.45, 2.75) is 44.6 Å². The summed E-state index contributed by atoms with van der Waals surface area (Å²) in [5.41, 5.74) is -0.0216. The van der Waals surface area contributed by atoms with Crippen molar-refractivity contribution in [3.05, 3.63) is 46.1 Å². The fourth-order valence-electron chi connectivity index (χ4n) is 4.67. The van der Waals surface area contributed by atoms with Gasteiger partial charge in [0.05, 0.1) is 18.1 Å². The molecule has 1 saturated carbocycles. The average Bonchev–Trinajstić information content (AvgIpc) is 2.87. The Morgan fingerprint density at radius 2 is 1.86 bits per heavy atom. The number of hydrogen-bond acceptors (Lipinski definition) is 9. The zero-order valence-corrected chi connectivity index (χ0v) is 19.7. The molecule has 0 bridgehead atoms. The van der Waals surface area contributed by atoms with Crippen LogP contribution in [0.2, 0.25) is 0 Å². The number of nitrogens with one attached hydrogen (secondary N) is 2. The molecule has 1 aromatic heterocycles. The number of anilines is 2. The van der Waals surface area contributed by atoms with Crippen LogP contribution in [0.15, 0.2) is 30.5 Å². The Morgan fingerprint density at radius 1 is 1.14 bits per heavy atom. The molecule has 2 heterocycles. The van der Waals surface area contributed by atoms with Gasteiger partial charge in [-0.1, -0.05) is 18.2 Å². The van der Waals surface area contributed by atoms with E-state index in [9.17, 15) is 23.3 Å². The topological polar surface area (TPSA) is 115 Å². The summed E-state index contributed by atoms with van der Waals surface area (Å²) in [6.45, 7) is 3.95. The quantitative estimate of drug-likeness (QED) is 0.378. The third-order valence-electron chi connectivity index (χ3n) is 6.54. The number of rotatable bonds is 9. The van der Waals surface area contributed by atoms with Crippen molar-refractivity contribution in [1.82, 2.24) is 14.9 Å². The van der Waals surface area contributed by atoms with E-state index >= 15 is 0 Å². The normalized spacial score (nSPS) is 21.1. The zero-order valence-electron chi connectivity index (χ0n) is 19.7. The first kappa shape index (κ1) is 25.9. The number of nitro groups is 1. The number of alkyl halides is 3. The van der Waals surface area contributed by atoms with Crippen LogP contribution in [0, 0.1) is 16.0 Å². The van der Waals surface area contributed by atoms with Gasteiger partial charge in [0.25, 0.3) is 0 Å². The summed E-state index contributed by atoms with van der Waals surface area (Å²) in [5, 5.41) is 17.4. The maximum atomic E-state index is 12.7. The highest BCUT2D eigenvalue weighted by Gasteiger charge is 2.32. The second-order valence-electron chi connectivity index (χ2n) is 8.90. The van der Waals surface area contributed by atoms with E-state index in [2.05, 4.69) is 30.2 Å². The first-order valence-corrected chi connectivity index (χ1v) is 11.9. The van der Waals surface area contributed by atoms with E-state index in [0.29, 0.717) is 18.5 Å². The predicted molar refractivity (Wildman–Crippen MR) is 126 cm³/mol. The van der Waals surface area contributed by atoms with E-state index in [1.807, 2.05) is 0 Å². The number of para-hydroxylation sites is 1. The molecule has 0 amide bonds. The molecule has 0 unspecified atom stereocenters. The summed E-state index contributed by atoms with van der Waals surface area (Å²) >= 11 is 0. The number of ether oxygens (including phenoxy) is 2. The molecule has 0 radical (unpaired) electrons. The number of morpholine rings is 1. The minimum Gasteiger partial charge on any atom is -0.405 e. The maximum absolute atomic E-state index is 12.7. The first-order chi connectivity index (χ1) is 17.3. The molecule has 0 spiro atoms. The van der Waals surface area contributed by atoms with E-state index in [1.165, 1.54) is 18.2 Å². The molecule has 0 atom stereocenters. The average molecular weight is 511 g/mol. The van der Waals surface area contributed by atoms with E-state index < -0.39 is 11.3 Å². The largest absolute Gasteiger partial charge is 0.573 e. The molecule has 1 saturated heterocycles. The molecule has 2 aromatic rings. The fourth-order valence-corrected chi connectivity index (χ4v) is 4.67. The number of aromatic nitrogens is 2. The Labute approximate surface area is 206 Å². The van der Waals surface area contributed by atoms with Crippen molar-refractivity contribution >= 4 is 17.5 Å². The second kappa shape index (κ2) is 11.7. The zero-order chi connectivity index (χ0) is 25.5. The van der Waals surface area contributed by atoms with Crippen LogP contribution in [0.5, 0.6) is 5.75 Å². The lowest BCUT2D eigenvalue weighted by molar-refractivity contribution is -0.384. The van der Waals surface area contributed by atoms with Crippen molar-refractivity contribution in [2.75, 3.05) is 43.5 Å². The van der Waals surface area contributed by atoms with Crippen LogP contribution in [0.1, 0.15) is 31.2 Å². The van der Waals surface area contributed by atoms with Crippen LogP contribution in [-0.2, 0) is 11.3 Å². The Morgan fingerprint density at radius 3 is 2.56 bits per heavy atom. The molecular weight excluding hydrogens is 481 g/mol. The van der Waals surface area contributed by atoms with E-state index in [-0.39, 0.29) is 35.3 Å². The number of nitrogens with zero attached hydrogens (tertiary/aromatic N) is 4. The lowest BCUT2D eigenvalue weighted by Crippen LogP contribution is -2.45. The number of hydrogen-bond donors (Lipinski definition) is 2. The van der Waals surface area contributed by atoms with Crippen molar-refractivity contribution < 1.29 is 27.6 Å². The lowest BCUT2D eigenvalue weighted by atomic mass is 9.85. The number of benzene rings is 1. The smallest absolute Gasteiger partial charge is 0.405 e. The van der Waals surface area contributed by atoms with Crippen LogP contribution < -0.4 is 15.4 Å². The van der Waals surface area contributed by atoms with Crippen LogP contribution >= 0.6 is 0 Å². The van der Waals surface area contributed by atoms with Crippen LogP contribution in [0.4, 0.5) is 30.6 Å². The van der Waals surface area contributed by atoms with Crippen molar-refractivity contribution in [2.24, 2.45) is 5.92 Å². The van der Waals surface area contributed by atoms with Gasteiger partial charge in [0, 0.05) is 37.8 Å². The standard InChI is InChI=1S/C23H29F3N6O4/c24-23(25,26)36-20-4-2-1-3-17(20)14-28-22-29-15-19(32(33)34)21(30-22)27-13-16-5-7-18(8-6-16)31-9-11-35-12-10-31/h1-4,15-16,18H,5-14H2,(H2,27,28,29,30). The van der Waals surface area contributed by atoms with E-state index in [4.69, 9.17) is 4.74 Å². The lowest BCUT2D eigenvalue weighted by Gasteiger charge is -2.38. The minimum absolute atomic E-state index is 0.0564. The molecule has 2 fully saturated rings. The Hall–Kier alpha value is -3.19. The molecule has 13 heteroatoms. The summed E-state index contributed by atoms with van der Waals surface area (Å²) in [4.78, 5) is 21.6. The van der Waals surface area contributed by atoms with Gasteiger partial charge in [0.15, 0.2) is 0 Å². The molecule has 2 N–H and O–H groups in total. The fraction of sp³-hybridized carbons (Fsp3) is 0.565. The molecule has 4 rings (SSSR count). The Bertz CT molecular complexity index is 1030. The van der Waals surface area contributed by atoms with Gasteiger partial charge in [0.1, 0.15) is 11.9 Å². The molecule has 2 aliphatic rings. The number of halogens is 3. The predicted octanol–water partition coefficient (Wildman–Crippen LogP) is 4.20. The van der Waals surface area contributed by atoms with Crippen molar-refractivity contribution in [3.8, 4) is 5.75 Å². The van der Waals surface area contributed by atoms with Crippen LogP contribution in [0.3, 0.4) is 0 Å². The highest BCUT2D eigenvalue weighted by atomic mass is 19.4. The van der Waals surface area contributed by atoms with Gasteiger partial charge in [-0.3, -0.25) is 15.0 Å². The van der Waals surface area contributed by atoms with Gasteiger partial charge < -0.3 is 20.1 Å². The van der Waals surface area contributed by atoms with Crippen molar-refractivity contribution in [1.29, 1.82) is 0 Å². The van der Waals surface area contributed by atoms with Crippen LogP contribution in [0.25, 0.3) is 0 Å². The van der Waals surface area contributed by atoms with E-state index in [0.717, 1.165) is 58.2 Å². The minimum atomic E-state index is -4.82. The summed E-state index contributed by atoms with van der Waals surface area (Å²) in [6.07, 6.45) is 0.433. The van der Waals surface area contributed by atoms with Gasteiger partial charge in [-0.05, 0) is 37.7 Å². The maximum Gasteiger partial charge on any atom is 0.573 e. The molecule has 36 heavy (non-hydrogen) atoms. The van der Waals surface area contributed by atoms with E-state index in [1.54, 1.807) is 6.07 Å². The molecule has 1 aliphatic carbocycles. The second-order valence-corrected chi connectivity index (χ2v) is 8.90. The third-order valence-corrected chi connectivity index (χ3v) is 6.54. The summed E-state index contributed by atoms with van der Waals surface area (Å²) in [5.74, 6) is 0.152. The van der Waals surface area contributed by atoms with Gasteiger partial charge in [-0.15, -0.1) is 13.2 Å². The van der Waals surface area contributed by atoms with Crippen LogP contribution in [-0.4, -0.2) is 65.0 Å². The highest BCUT2D eigenvalue weighted by Crippen LogP contribution is 2.30. The summed E-state index contributed by atoms with van der Waals surface area (Å²) in [7, 11) is 0. The molecule has 196 valence electrons. The van der Waals surface area contributed by atoms with Gasteiger partial charge >= 0.3 is 12.0 Å². The van der Waals surface area contributed by atoms with Crippen molar-refractivity contribution in [3.63, 3.8) is 0 Å². The van der Waals surface area contributed by atoms with Gasteiger partial charge in [-0.2, -0.15) is 4.98 Å². The highest BCUT2D eigenvalue weighted by molar-refractivity contribution is 5.57. The van der Waals surface area contributed by atoms with Gasteiger partial charge in [0.2, 0.25) is 11.8 Å². The molecular formula is C23H29F3N6O4. The Balaban J connectivity index is 1.35. The molecule has 10 nitrogen and oxygen atoms in total.